The molecular formula is C15H19NOS. The SMILES string of the molecule is COc1ccccc1NC(C)c1cc(C)sc1C. The molecule has 0 bridgehead atoms. The van der Waals surface area contributed by atoms with Crippen molar-refractivity contribution in [2.45, 2.75) is 26.8 Å². The molecule has 0 aliphatic carbocycles. The molecule has 0 amide bonds. The van der Waals surface area contributed by atoms with Crippen LogP contribution in [-0.4, -0.2) is 7.11 Å². The average Bonchev–Trinajstić information content (AvgIpc) is 2.69. The van der Waals surface area contributed by atoms with Crippen LogP contribution in [0.15, 0.2) is 30.3 Å². The molecule has 3 heteroatoms. The van der Waals surface area contributed by atoms with Gasteiger partial charge in [0.25, 0.3) is 0 Å². The molecule has 2 nitrogen and oxygen atoms in total. The summed E-state index contributed by atoms with van der Waals surface area (Å²) in [6, 6.07) is 10.6. The molecule has 0 saturated carbocycles. The maximum atomic E-state index is 5.36. The van der Waals surface area contributed by atoms with Crippen LogP contribution in [0.25, 0.3) is 0 Å². The Labute approximate surface area is 113 Å². The Morgan fingerprint density at radius 3 is 2.56 bits per heavy atom. The van der Waals surface area contributed by atoms with Gasteiger partial charge < -0.3 is 10.1 Å². The lowest BCUT2D eigenvalue weighted by Gasteiger charge is -2.17. The van der Waals surface area contributed by atoms with Crippen molar-refractivity contribution in [1.29, 1.82) is 0 Å². The number of nitrogens with one attached hydrogen (secondary N) is 1. The molecule has 1 aromatic carbocycles. The lowest BCUT2D eigenvalue weighted by Crippen LogP contribution is -2.07. The van der Waals surface area contributed by atoms with Crippen molar-refractivity contribution in [3.63, 3.8) is 0 Å². The number of hydrogen-bond acceptors (Lipinski definition) is 3. The molecule has 1 unspecified atom stereocenters. The van der Waals surface area contributed by atoms with Gasteiger partial charge in [0, 0.05) is 15.8 Å². The van der Waals surface area contributed by atoms with E-state index in [0.29, 0.717) is 0 Å². The highest BCUT2D eigenvalue weighted by Crippen LogP contribution is 2.31. The monoisotopic (exact) mass is 261 g/mol. The van der Waals surface area contributed by atoms with Gasteiger partial charge in [-0.1, -0.05) is 12.1 Å². The molecular weight excluding hydrogens is 242 g/mol. The van der Waals surface area contributed by atoms with Gasteiger partial charge in [0.15, 0.2) is 0 Å². The number of benzene rings is 1. The van der Waals surface area contributed by atoms with E-state index in [-0.39, 0.29) is 6.04 Å². The summed E-state index contributed by atoms with van der Waals surface area (Å²) >= 11 is 1.85. The van der Waals surface area contributed by atoms with Crippen LogP contribution in [0, 0.1) is 13.8 Å². The number of para-hydroxylation sites is 2. The van der Waals surface area contributed by atoms with Crippen LogP contribution < -0.4 is 10.1 Å². The van der Waals surface area contributed by atoms with E-state index < -0.39 is 0 Å². The van der Waals surface area contributed by atoms with E-state index in [1.54, 1.807) is 7.11 Å². The number of thiophene rings is 1. The lowest BCUT2D eigenvalue weighted by molar-refractivity contribution is 0.416. The first-order valence-corrected chi connectivity index (χ1v) is 6.90. The second kappa shape index (κ2) is 5.44. The van der Waals surface area contributed by atoms with Gasteiger partial charge in [-0.3, -0.25) is 0 Å². The Bertz CT molecular complexity index is 533. The van der Waals surface area contributed by atoms with Gasteiger partial charge in [-0.25, -0.2) is 0 Å². The molecule has 0 aliphatic heterocycles. The maximum absolute atomic E-state index is 5.36. The highest BCUT2D eigenvalue weighted by Gasteiger charge is 2.12. The normalized spacial score (nSPS) is 12.2. The van der Waals surface area contributed by atoms with E-state index in [0.717, 1.165) is 11.4 Å². The number of hydrogen-bond donors (Lipinski definition) is 1. The second-order valence-electron chi connectivity index (χ2n) is 4.43. The highest BCUT2D eigenvalue weighted by atomic mass is 32.1. The molecule has 1 atom stereocenters. The van der Waals surface area contributed by atoms with E-state index in [1.807, 2.05) is 35.6 Å². The van der Waals surface area contributed by atoms with Gasteiger partial charge in [-0.15, -0.1) is 11.3 Å². The zero-order chi connectivity index (χ0) is 13.1. The number of methoxy groups -OCH3 is 1. The molecule has 2 rings (SSSR count). The molecule has 1 N–H and O–H groups in total. The first-order valence-electron chi connectivity index (χ1n) is 6.08. The van der Waals surface area contributed by atoms with Crippen molar-refractivity contribution in [1.82, 2.24) is 0 Å². The number of rotatable bonds is 4. The maximum Gasteiger partial charge on any atom is 0.141 e. The third-order valence-electron chi connectivity index (χ3n) is 3.02. The zero-order valence-electron chi connectivity index (χ0n) is 11.3. The van der Waals surface area contributed by atoms with Crippen molar-refractivity contribution in [3.05, 3.63) is 45.6 Å². The van der Waals surface area contributed by atoms with Gasteiger partial charge in [0.05, 0.1) is 12.8 Å². The summed E-state index contributed by atoms with van der Waals surface area (Å²) in [6.07, 6.45) is 0. The van der Waals surface area contributed by atoms with Crippen LogP contribution >= 0.6 is 11.3 Å². The lowest BCUT2D eigenvalue weighted by atomic mass is 10.1. The minimum absolute atomic E-state index is 0.284. The number of aryl methyl sites for hydroxylation is 2. The highest BCUT2D eigenvalue weighted by molar-refractivity contribution is 7.12. The Balaban J connectivity index is 2.21. The first kappa shape index (κ1) is 13.0. The summed E-state index contributed by atoms with van der Waals surface area (Å²) in [5.74, 6) is 0.883. The molecule has 1 heterocycles. The van der Waals surface area contributed by atoms with Crippen molar-refractivity contribution < 1.29 is 4.74 Å². The van der Waals surface area contributed by atoms with Crippen LogP contribution in [-0.2, 0) is 0 Å². The fourth-order valence-electron chi connectivity index (χ4n) is 2.16. The second-order valence-corrected chi connectivity index (χ2v) is 5.90. The third-order valence-corrected chi connectivity index (χ3v) is 4.01. The topological polar surface area (TPSA) is 21.3 Å². The quantitative estimate of drug-likeness (QED) is 0.872. The summed E-state index contributed by atoms with van der Waals surface area (Å²) in [7, 11) is 1.70. The van der Waals surface area contributed by atoms with Gasteiger partial charge >= 0.3 is 0 Å². The standard InChI is InChI=1S/C15H19NOS/c1-10-9-13(12(3)18-10)11(2)16-14-7-5-6-8-15(14)17-4/h5-9,11,16H,1-4H3. The summed E-state index contributed by atoms with van der Waals surface area (Å²) < 4.78 is 5.36. The van der Waals surface area contributed by atoms with Crippen LogP contribution in [0.2, 0.25) is 0 Å². The summed E-state index contributed by atoms with van der Waals surface area (Å²) in [5, 5.41) is 3.51. The largest absolute Gasteiger partial charge is 0.495 e. The molecule has 1 aromatic heterocycles. The number of ether oxygens (including phenoxy) is 1. The molecule has 96 valence electrons. The van der Waals surface area contributed by atoms with Gasteiger partial charge in [-0.05, 0) is 44.5 Å². The van der Waals surface area contributed by atoms with E-state index in [9.17, 15) is 0 Å². The first-order chi connectivity index (χ1) is 8.61. The Morgan fingerprint density at radius 2 is 1.94 bits per heavy atom. The molecule has 0 saturated heterocycles. The Morgan fingerprint density at radius 1 is 1.22 bits per heavy atom. The van der Waals surface area contributed by atoms with Crippen molar-refractivity contribution in [2.24, 2.45) is 0 Å². The average molecular weight is 261 g/mol. The van der Waals surface area contributed by atoms with Crippen molar-refractivity contribution in [2.75, 3.05) is 12.4 Å². The minimum Gasteiger partial charge on any atom is -0.495 e. The smallest absolute Gasteiger partial charge is 0.141 e. The predicted molar refractivity (Wildman–Crippen MR) is 78.8 cm³/mol. The molecule has 2 aromatic rings. The summed E-state index contributed by atoms with van der Waals surface area (Å²) in [4.78, 5) is 2.73. The minimum atomic E-state index is 0.284. The van der Waals surface area contributed by atoms with E-state index in [4.69, 9.17) is 4.74 Å². The molecule has 18 heavy (non-hydrogen) atoms. The van der Waals surface area contributed by atoms with E-state index in [1.165, 1.54) is 15.3 Å². The summed E-state index contributed by atoms with van der Waals surface area (Å²) in [6.45, 7) is 6.51. The van der Waals surface area contributed by atoms with Crippen LogP contribution in [0.3, 0.4) is 0 Å². The fraction of sp³-hybridized carbons (Fsp3) is 0.333. The van der Waals surface area contributed by atoms with Gasteiger partial charge in [-0.2, -0.15) is 0 Å². The van der Waals surface area contributed by atoms with Gasteiger partial charge in [0.2, 0.25) is 0 Å². The van der Waals surface area contributed by atoms with Crippen molar-refractivity contribution >= 4 is 17.0 Å². The van der Waals surface area contributed by atoms with Crippen molar-refractivity contribution in [3.8, 4) is 5.75 Å². The Hall–Kier alpha value is -1.48. The zero-order valence-corrected chi connectivity index (χ0v) is 12.1. The molecule has 0 aliphatic rings. The van der Waals surface area contributed by atoms with Crippen LogP contribution in [0.1, 0.15) is 28.3 Å². The molecule has 0 spiro atoms. The Kier molecular flexibility index (Phi) is 3.92. The van der Waals surface area contributed by atoms with Gasteiger partial charge in [0.1, 0.15) is 5.75 Å². The van der Waals surface area contributed by atoms with E-state index in [2.05, 4.69) is 32.2 Å². The molecule has 0 radical (unpaired) electrons. The number of anilines is 1. The fourth-order valence-corrected chi connectivity index (χ4v) is 3.18. The third kappa shape index (κ3) is 2.67. The molecule has 0 fully saturated rings. The predicted octanol–water partition coefficient (Wildman–Crippen LogP) is 4.55. The van der Waals surface area contributed by atoms with Crippen LogP contribution in [0.5, 0.6) is 5.75 Å². The van der Waals surface area contributed by atoms with Crippen LogP contribution in [0.4, 0.5) is 5.69 Å². The van der Waals surface area contributed by atoms with E-state index >= 15 is 0 Å². The summed E-state index contributed by atoms with van der Waals surface area (Å²) in [5.41, 5.74) is 2.40.